The summed E-state index contributed by atoms with van der Waals surface area (Å²) in [6.45, 7) is 2.40. The summed E-state index contributed by atoms with van der Waals surface area (Å²) in [4.78, 5) is 0. The van der Waals surface area contributed by atoms with Crippen LogP contribution in [0.15, 0.2) is 48.5 Å². The molecule has 2 aromatic rings. The molecule has 0 aliphatic rings. The summed E-state index contributed by atoms with van der Waals surface area (Å²) in [5.74, 6) is 0.959. The predicted octanol–water partition coefficient (Wildman–Crippen LogP) is 3.01. The van der Waals surface area contributed by atoms with Crippen LogP contribution in [0.1, 0.15) is 18.4 Å². The monoisotopic (exact) mass is 319 g/mol. The third-order valence-electron chi connectivity index (χ3n) is 3.55. The maximum Gasteiger partial charge on any atom is 0.208 e. The molecular weight excluding hydrogens is 298 g/mol. The van der Waals surface area contributed by atoms with Crippen LogP contribution in [-0.4, -0.2) is 28.3 Å². The van der Waals surface area contributed by atoms with Crippen LogP contribution in [-0.2, 0) is 10.0 Å². The molecule has 0 aliphatic carbocycles. The highest BCUT2D eigenvalue weighted by atomic mass is 32.2. The molecule has 0 saturated heterocycles. The Balaban J connectivity index is 2.08. The first-order valence-electron chi connectivity index (χ1n) is 7.08. The molecule has 118 valence electrons. The fourth-order valence-electron chi connectivity index (χ4n) is 2.18. The van der Waals surface area contributed by atoms with Crippen LogP contribution in [0, 0.1) is 0 Å². The van der Waals surface area contributed by atoms with Gasteiger partial charge < -0.3 is 4.74 Å². The summed E-state index contributed by atoms with van der Waals surface area (Å²) in [5, 5.41) is 0. The first-order chi connectivity index (χ1) is 10.4. The van der Waals surface area contributed by atoms with Gasteiger partial charge in [-0.1, -0.05) is 43.3 Å². The lowest BCUT2D eigenvalue weighted by Crippen LogP contribution is -2.26. The highest BCUT2D eigenvalue weighted by Gasteiger charge is 2.09. The Morgan fingerprint density at radius 3 is 1.95 bits per heavy atom. The highest BCUT2D eigenvalue weighted by molar-refractivity contribution is 7.88. The largest absolute Gasteiger partial charge is 0.497 e. The fraction of sp³-hybridized carbons (Fsp3) is 0.294. The van der Waals surface area contributed by atoms with Crippen molar-refractivity contribution in [2.45, 2.75) is 12.8 Å². The zero-order valence-corrected chi connectivity index (χ0v) is 13.9. The summed E-state index contributed by atoms with van der Waals surface area (Å²) in [7, 11) is -1.50. The van der Waals surface area contributed by atoms with Crippen LogP contribution in [0.4, 0.5) is 0 Å². The second-order valence-electron chi connectivity index (χ2n) is 5.37. The summed E-state index contributed by atoms with van der Waals surface area (Å²) in [6.07, 6.45) is 1.17. The molecule has 0 amide bonds. The minimum atomic E-state index is -3.15. The van der Waals surface area contributed by atoms with E-state index in [9.17, 15) is 8.42 Å². The third-order valence-corrected chi connectivity index (χ3v) is 4.25. The lowest BCUT2D eigenvalue weighted by Gasteiger charge is -2.13. The lowest BCUT2D eigenvalue weighted by atomic mass is 9.98. The standard InChI is InChI=1S/C17H21NO3S/c1-13(12-18-22(3,19)20)14-4-6-15(7-5-14)16-8-10-17(21-2)11-9-16/h4-11,13,18H,12H2,1-3H3. The fourth-order valence-corrected chi connectivity index (χ4v) is 2.73. The first kappa shape index (κ1) is 16.5. The van der Waals surface area contributed by atoms with Gasteiger partial charge in [0.1, 0.15) is 5.75 Å². The van der Waals surface area contributed by atoms with Crippen LogP contribution in [0.5, 0.6) is 5.75 Å². The molecule has 0 aliphatic heterocycles. The Bertz CT molecular complexity index is 707. The Morgan fingerprint density at radius 2 is 1.50 bits per heavy atom. The molecule has 0 heterocycles. The topological polar surface area (TPSA) is 55.4 Å². The number of hydrogen-bond acceptors (Lipinski definition) is 3. The Kier molecular flexibility index (Phi) is 5.21. The zero-order chi connectivity index (χ0) is 16.2. The number of ether oxygens (including phenoxy) is 1. The normalized spacial score (nSPS) is 12.9. The van der Waals surface area contributed by atoms with Gasteiger partial charge in [-0.3, -0.25) is 0 Å². The van der Waals surface area contributed by atoms with Gasteiger partial charge in [-0.2, -0.15) is 0 Å². The smallest absolute Gasteiger partial charge is 0.208 e. The summed E-state index contributed by atoms with van der Waals surface area (Å²) in [5.41, 5.74) is 3.34. The van der Waals surface area contributed by atoms with Crippen molar-refractivity contribution in [3.63, 3.8) is 0 Å². The maximum absolute atomic E-state index is 11.1. The van der Waals surface area contributed by atoms with E-state index < -0.39 is 10.0 Å². The molecule has 0 spiro atoms. The van der Waals surface area contributed by atoms with Crippen molar-refractivity contribution in [3.05, 3.63) is 54.1 Å². The number of methoxy groups -OCH3 is 1. The van der Waals surface area contributed by atoms with E-state index in [1.54, 1.807) is 7.11 Å². The molecule has 0 radical (unpaired) electrons. The van der Waals surface area contributed by atoms with Gasteiger partial charge in [-0.05, 0) is 34.7 Å². The molecule has 0 aromatic heterocycles. The SMILES string of the molecule is COc1ccc(-c2ccc(C(C)CNS(C)(=O)=O)cc2)cc1. The number of rotatable bonds is 6. The van der Waals surface area contributed by atoms with Crippen LogP contribution < -0.4 is 9.46 Å². The van der Waals surface area contributed by atoms with Crippen LogP contribution in [0.25, 0.3) is 11.1 Å². The molecule has 22 heavy (non-hydrogen) atoms. The van der Waals surface area contributed by atoms with Crippen molar-refractivity contribution in [3.8, 4) is 16.9 Å². The zero-order valence-electron chi connectivity index (χ0n) is 13.0. The quantitative estimate of drug-likeness (QED) is 0.890. The highest BCUT2D eigenvalue weighted by Crippen LogP contribution is 2.24. The molecule has 0 saturated carbocycles. The summed E-state index contributed by atoms with van der Waals surface area (Å²) >= 11 is 0. The number of sulfonamides is 1. The minimum Gasteiger partial charge on any atom is -0.497 e. The average molecular weight is 319 g/mol. The van der Waals surface area contributed by atoms with Gasteiger partial charge >= 0.3 is 0 Å². The van der Waals surface area contributed by atoms with Crippen molar-refractivity contribution < 1.29 is 13.2 Å². The van der Waals surface area contributed by atoms with Gasteiger partial charge in [-0.25, -0.2) is 13.1 Å². The van der Waals surface area contributed by atoms with E-state index in [0.717, 1.165) is 22.4 Å². The van der Waals surface area contributed by atoms with Gasteiger partial charge in [0.05, 0.1) is 13.4 Å². The predicted molar refractivity (Wildman–Crippen MR) is 89.7 cm³/mol. The molecule has 1 unspecified atom stereocenters. The second kappa shape index (κ2) is 6.94. The average Bonchev–Trinajstić information content (AvgIpc) is 2.52. The van der Waals surface area contributed by atoms with Crippen molar-refractivity contribution >= 4 is 10.0 Å². The summed E-state index contributed by atoms with van der Waals surface area (Å²) < 4.78 is 30.0. The molecule has 2 aromatic carbocycles. The Labute approximate surface area is 132 Å². The van der Waals surface area contributed by atoms with E-state index in [2.05, 4.69) is 4.72 Å². The molecule has 5 heteroatoms. The van der Waals surface area contributed by atoms with Gasteiger partial charge in [0.2, 0.25) is 10.0 Å². The van der Waals surface area contributed by atoms with Crippen LogP contribution >= 0.6 is 0 Å². The molecule has 0 fully saturated rings. The number of hydrogen-bond donors (Lipinski definition) is 1. The molecule has 1 atom stereocenters. The van der Waals surface area contributed by atoms with Gasteiger partial charge in [0.25, 0.3) is 0 Å². The number of benzene rings is 2. The molecule has 4 nitrogen and oxygen atoms in total. The summed E-state index contributed by atoms with van der Waals surface area (Å²) in [6, 6.07) is 16.1. The minimum absolute atomic E-state index is 0.125. The third kappa shape index (κ3) is 4.58. The Hall–Kier alpha value is -1.85. The second-order valence-corrected chi connectivity index (χ2v) is 7.21. The van der Waals surface area contributed by atoms with E-state index in [1.165, 1.54) is 6.26 Å². The van der Waals surface area contributed by atoms with E-state index in [-0.39, 0.29) is 5.92 Å². The van der Waals surface area contributed by atoms with Crippen molar-refractivity contribution in [1.82, 2.24) is 4.72 Å². The molecule has 1 N–H and O–H groups in total. The van der Waals surface area contributed by atoms with E-state index in [4.69, 9.17) is 4.74 Å². The number of nitrogens with one attached hydrogen (secondary N) is 1. The first-order valence-corrected chi connectivity index (χ1v) is 8.97. The van der Waals surface area contributed by atoms with E-state index in [1.807, 2.05) is 55.5 Å². The maximum atomic E-state index is 11.1. The Morgan fingerprint density at radius 1 is 1.00 bits per heavy atom. The van der Waals surface area contributed by atoms with Crippen molar-refractivity contribution in [2.75, 3.05) is 19.9 Å². The molecule has 0 bridgehead atoms. The van der Waals surface area contributed by atoms with Crippen molar-refractivity contribution in [2.24, 2.45) is 0 Å². The van der Waals surface area contributed by atoms with Crippen LogP contribution in [0.3, 0.4) is 0 Å². The van der Waals surface area contributed by atoms with E-state index in [0.29, 0.717) is 6.54 Å². The molecular formula is C17H21NO3S. The van der Waals surface area contributed by atoms with Gasteiger partial charge in [-0.15, -0.1) is 0 Å². The van der Waals surface area contributed by atoms with Gasteiger partial charge in [0.15, 0.2) is 0 Å². The van der Waals surface area contributed by atoms with Crippen LogP contribution in [0.2, 0.25) is 0 Å². The lowest BCUT2D eigenvalue weighted by molar-refractivity contribution is 0.415. The van der Waals surface area contributed by atoms with E-state index >= 15 is 0 Å². The molecule has 2 rings (SSSR count). The van der Waals surface area contributed by atoms with Crippen molar-refractivity contribution in [1.29, 1.82) is 0 Å². The van der Waals surface area contributed by atoms with Gasteiger partial charge in [0, 0.05) is 6.54 Å².